The summed E-state index contributed by atoms with van der Waals surface area (Å²) in [5, 5.41) is 3.51. The maximum atomic E-state index is 4.00. The predicted octanol–water partition coefficient (Wildman–Crippen LogP) is 2.47. The highest BCUT2D eigenvalue weighted by atomic mass is 15.0. The molecule has 14 heavy (non-hydrogen) atoms. The Morgan fingerprint density at radius 2 is 2.07 bits per heavy atom. The van der Waals surface area contributed by atoms with Crippen molar-refractivity contribution in [3.8, 4) is 0 Å². The van der Waals surface area contributed by atoms with E-state index in [2.05, 4.69) is 29.1 Å². The van der Waals surface area contributed by atoms with E-state index in [9.17, 15) is 0 Å². The number of hydrogen-bond acceptors (Lipinski definition) is 3. The predicted molar refractivity (Wildman–Crippen MR) is 57.1 cm³/mol. The van der Waals surface area contributed by atoms with Crippen LogP contribution in [0.2, 0.25) is 0 Å². The summed E-state index contributed by atoms with van der Waals surface area (Å²) >= 11 is 0. The van der Waals surface area contributed by atoms with E-state index in [4.69, 9.17) is 0 Å². The van der Waals surface area contributed by atoms with Crippen LogP contribution in [0.25, 0.3) is 0 Å². The van der Waals surface area contributed by atoms with Gasteiger partial charge in [0.1, 0.15) is 6.33 Å². The fourth-order valence-electron chi connectivity index (χ4n) is 2.17. The van der Waals surface area contributed by atoms with E-state index in [-0.39, 0.29) is 0 Å². The quantitative estimate of drug-likeness (QED) is 0.780. The molecule has 0 radical (unpaired) electrons. The van der Waals surface area contributed by atoms with Gasteiger partial charge in [0, 0.05) is 6.04 Å². The Kier molecular flexibility index (Phi) is 2.40. The summed E-state index contributed by atoms with van der Waals surface area (Å²) < 4.78 is 0. The van der Waals surface area contributed by atoms with Gasteiger partial charge in [-0.05, 0) is 18.3 Å². The molecule has 3 nitrogen and oxygen atoms in total. The first-order chi connectivity index (χ1) is 6.68. The fraction of sp³-hybridized carbons (Fsp3) is 0.636. The third kappa shape index (κ3) is 1.86. The lowest BCUT2D eigenvalue weighted by molar-refractivity contribution is 0.350. The first-order valence-electron chi connectivity index (χ1n) is 5.20. The molecule has 1 aliphatic carbocycles. The summed E-state index contributed by atoms with van der Waals surface area (Å²) in [5.74, 6) is 0. The number of hydrogen-bond donors (Lipinski definition) is 1. The topological polar surface area (TPSA) is 37.8 Å². The third-order valence-electron chi connectivity index (χ3n) is 3.16. The monoisotopic (exact) mass is 191 g/mol. The van der Waals surface area contributed by atoms with E-state index in [0.717, 1.165) is 5.69 Å². The Morgan fingerprint density at radius 1 is 1.36 bits per heavy atom. The van der Waals surface area contributed by atoms with Crippen LogP contribution >= 0.6 is 0 Å². The maximum Gasteiger partial charge on any atom is 0.115 e. The molecular formula is C11H17N3. The van der Waals surface area contributed by atoms with Gasteiger partial charge in [0.25, 0.3) is 0 Å². The molecule has 76 valence electrons. The zero-order valence-corrected chi connectivity index (χ0v) is 8.83. The van der Waals surface area contributed by atoms with Gasteiger partial charge >= 0.3 is 0 Å². The van der Waals surface area contributed by atoms with Crippen molar-refractivity contribution in [2.75, 3.05) is 5.32 Å². The molecule has 0 aliphatic heterocycles. The van der Waals surface area contributed by atoms with Crippen molar-refractivity contribution in [3.63, 3.8) is 0 Å². The van der Waals surface area contributed by atoms with Crippen LogP contribution in [0.15, 0.2) is 18.7 Å². The normalized spacial score (nSPS) is 24.9. The van der Waals surface area contributed by atoms with E-state index in [1.54, 1.807) is 6.33 Å². The van der Waals surface area contributed by atoms with Crippen molar-refractivity contribution in [2.24, 2.45) is 5.41 Å². The van der Waals surface area contributed by atoms with E-state index in [1.165, 1.54) is 19.3 Å². The highest BCUT2D eigenvalue weighted by Crippen LogP contribution is 2.38. The Hall–Kier alpha value is -1.12. The average Bonchev–Trinajstić information content (AvgIpc) is 2.48. The van der Waals surface area contributed by atoms with Gasteiger partial charge in [0.15, 0.2) is 0 Å². The molecule has 1 aromatic rings. The smallest absolute Gasteiger partial charge is 0.115 e. The number of nitrogens with zero attached hydrogens (tertiary/aromatic N) is 2. The van der Waals surface area contributed by atoms with Gasteiger partial charge in [0.05, 0.1) is 18.1 Å². The van der Waals surface area contributed by atoms with Gasteiger partial charge in [-0.3, -0.25) is 0 Å². The second-order valence-electron chi connectivity index (χ2n) is 4.70. The molecule has 1 unspecified atom stereocenters. The molecule has 1 aromatic heterocycles. The molecule has 1 fully saturated rings. The second kappa shape index (κ2) is 3.56. The Balaban J connectivity index is 2.05. The molecule has 1 saturated carbocycles. The van der Waals surface area contributed by atoms with Crippen molar-refractivity contribution in [2.45, 2.75) is 39.2 Å². The second-order valence-corrected chi connectivity index (χ2v) is 4.70. The molecule has 1 heterocycles. The number of rotatable bonds is 2. The van der Waals surface area contributed by atoms with Crippen LogP contribution in [0.5, 0.6) is 0 Å². The zero-order chi connectivity index (χ0) is 10.0. The molecule has 0 aromatic carbocycles. The lowest BCUT2D eigenvalue weighted by Gasteiger charge is -2.28. The van der Waals surface area contributed by atoms with Crippen molar-refractivity contribution >= 4 is 5.69 Å². The van der Waals surface area contributed by atoms with Gasteiger partial charge in [-0.15, -0.1) is 0 Å². The summed E-state index contributed by atoms with van der Waals surface area (Å²) in [5.41, 5.74) is 1.43. The van der Waals surface area contributed by atoms with E-state index in [0.29, 0.717) is 11.5 Å². The van der Waals surface area contributed by atoms with Crippen LogP contribution in [-0.4, -0.2) is 16.0 Å². The van der Waals surface area contributed by atoms with Crippen molar-refractivity contribution < 1.29 is 0 Å². The molecule has 1 N–H and O–H groups in total. The molecule has 1 aliphatic rings. The fourth-order valence-corrected chi connectivity index (χ4v) is 2.17. The Labute approximate surface area is 85.0 Å². The molecular weight excluding hydrogens is 174 g/mol. The molecule has 0 saturated heterocycles. The highest BCUT2D eigenvalue weighted by Gasteiger charge is 2.34. The highest BCUT2D eigenvalue weighted by molar-refractivity contribution is 5.39. The molecule has 1 atom stereocenters. The Bertz CT molecular complexity index is 295. The molecule has 0 bridgehead atoms. The molecule has 0 spiro atoms. The largest absolute Gasteiger partial charge is 0.379 e. The van der Waals surface area contributed by atoms with Crippen LogP contribution in [0.3, 0.4) is 0 Å². The third-order valence-corrected chi connectivity index (χ3v) is 3.16. The number of nitrogens with one attached hydrogen (secondary N) is 1. The molecule has 0 amide bonds. The lowest BCUT2D eigenvalue weighted by Crippen LogP contribution is -2.30. The van der Waals surface area contributed by atoms with Crippen LogP contribution in [-0.2, 0) is 0 Å². The van der Waals surface area contributed by atoms with Crippen LogP contribution in [0.1, 0.15) is 33.1 Å². The minimum absolute atomic E-state index is 0.399. The van der Waals surface area contributed by atoms with Gasteiger partial charge in [-0.2, -0.15) is 0 Å². The standard InChI is InChI=1S/C11H17N3/c1-11(2)5-3-4-10(11)14-9-6-12-8-13-7-9/h6-8,10,14H,3-5H2,1-2H3. The number of anilines is 1. The number of aromatic nitrogens is 2. The summed E-state index contributed by atoms with van der Waals surface area (Å²) in [4.78, 5) is 8.00. The van der Waals surface area contributed by atoms with Crippen LogP contribution in [0, 0.1) is 5.41 Å². The summed E-state index contributed by atoms with van der Waals surface area (Å²) in [6, 6.07) is 0.563. The van der Waals surface area contributed by atoms with Crippen LogP contribution < -0.4 is 5.32 Å². The van der Waals surface area contributed by atoms with Crippen molar-refractivity contribution in [3.05, 3.63) is 18.7 Å². The van der Waals surface area contributed by atoms with Gasteiger partial charge in [-0.25, -0.2) is 9.97 Å². The minimum Gasteiger partial charge on any atom is -0.379 e. The first kappa shape index (κ1) is 9.44. The van der Waals surface area contributed by atoms with Crippen molar-refractivity contribution in [1.29, 1.82) is 0 Å². The van der Waals surface area contributed by atoms with E-state index < -0.39 is 0 Å². The summed E-state index contributed by atoms with van der Waals surface area (Å²) in [6.45, 7) is 4.64. The molecule has 3 heteroatoms. The van der Waals surface area contributed by atoms with Gasteiger partial charge in [0.2, 0.25) is 0 Å². The van der Waals surface area contributed by atoms with E-state index >= 15 is 0 Å². The maximum absolute atomic E-state index is 4.00. The van der Waals surface area contributed by atoms with Crippen molar-refractivity contribution in [1.82, 2.24) is 9.97 Å². The van der Waals surface area contributed by atoms with E-state index in [1.807, 2.05) is 12.4 Å². The average molecular weight is 191 g/mol. The summed E-state index contributed by atoms with van der Waals surface area (Å²) in [7, 11) is 0. The summed E-state index contributed by atoms with van der Waals surface area (Å²) in [6.07, 6.45) is 9.10. The van der Waals surface area contributed by atoms with Crippen LogP contribution in [0.4, 0.5) is 5.69 Å². The SMILES string of the molecule is CC1(C)CCCC1Nc1cncnc1. The first-order valence-corrected chi connectivity index (χ1v) is 5.20. The van der Waals surface area contributed by atoms with Gasteiger partial charge in [-0.1, -0.05) is 20.3 Å². The Morgan fingerprint density at radius 3 is 2.64 bits per heavy atom. The lowest BCUT2D eigenvalue weighted by atomic mass is 9.87. The minimum atomic E-state index is 0.399. The van der Waals surface area contributed by atoms with Gasteiger partial charge < -0.3 is 5.32 Å². The molecule has 2 rings (SSSR count). The zero-order valence-electron chi connectivity index (χ0n) is 8.83.